The maximum absolute atomic E-state index is 2.51. The highest BCUT2D eigenvalue weighted by molar-refractivity contribution is 5.80. The van der Waals surface area contributed by atoms with Crippen molar-refractivity contribution in [3.05, 3.63) is 64.7 Å². The standard InChI is InChI=1S/C24H28/c1-3-24(13-4-5-14-24)17-19-15-21-7-6-8-22(23(21)16-19)20-11-9-18(2)10-12-20/h6-12,16H,3-5,13-15,17H2,1-2H3. The van der Waals surface area contributed by atoms with Crippen molar-refractivity contribution in [3.8, 4) is 11.1 Å². The zero-order valence-corrected chi connectivity index (χ0v) is 15.1. The van der Waals surface area contributed by atoms with Gasteiger partial charge in [-0.3, -0.25) is 0 Å². The lowest BCUT2D eigenvalue weighted by atomic mass is 9.77. The van der Waals surface area contributed by atoms with Gasteiger partial charge in [0.1, 0.15) is 0 Å². The molecule has 0 bridgehead atoms. The Morgan fingerprint density at radius 3 is 2.42 bits per heavy atom. The van der Waals surface area contributed by atoms with Crippen LogP contribution in [0.5, 0.6) is 0 Å². The van der Waals surface area contributed by atoms with Gasteiger partial charge in [0.25, 0.3) is 0 Å². The molecule has 2 aromatic carbocycles. The molecule has 0 N–H and O–H groups in total. The SMILES string of the molecule is CCC1(CC2=Cc3c(cccc3-c3ccc(C)cc3)C2)CCCC1. The van der Waals surface area contributed by atoms with Crippen LogP contribution in [0.2, 0.25) is 0 Å². The quantitative estimate of drug-likeness (QED) is 0.572. The molecule has 1 saturated carbocycles. The fourth-order valence-electron chi connectivity index (χ4n) is 4.80. The summed E-state index contributed by atoms with van der Waals surface area (Å²) in [5.41, 5.74) is 9.33. The molecule has 124 valence electrons. The van der Waals surface area contributed by atoms with Gasteiger partial charge in [-0.1, -0.05) is 85.9 Å². The normalized spacial score (nSPS) is 18.5. The van der Waals surface area contributed by atoms with Gasteiger partial charge in [0, 0.05) is 0 Å². The Morgan fingerprint density at radius 2 is 1.71 bits per heavy atom. The topological polar surface area (TPSA) is 0 Å². The van der Waals surface area contributed by atoms with Gasteiger partial charge in [-0.2, -0.15) is 0 Å². The number of fused-ring (bicyclic) bond motifs is 1. The van der Waals surface area contributed by atoms with E-state index in [4.69, 9.17) is 0 Å². The number of hydrogen-bond acceptors (Lipinski definition) is 0. The van der Waals surface area contributed by atoms with Crippen molar-refractivity contribution in [1.82, 2.24) is 0 Å². The first-order valence-corrected chi connectivity index (χ1v) is 9.57. The molecule has 24 heavy (non-hydrogen) atoms. The van der Waals surface area contributed by atoms with Crippen LogP contribution in [0, 0.1) is 12.3 Å². The van der Waals surface area contributed by atoms with Gasteiger partial charge in [0.15, 0.2) is 0 Å². The van der Waals surface area contributed by atoms with Crippen molar-refractivity contribution in [1.29, 1.82) is 0 Å². The highest BCUT2D eigenvalue weighted by atomic mass is 14.4. The lowest BCUT2D eigenvalue weighted by molar-refractivity contribution is 0.281. The van der Waals surface area contributed by atoms with Crippen molar-refractivity contribution >= 4 is 6.08 Å². The largest absolute Gasteiger partial charge is 0.0648 e. The van der Waals surface area contributed by atoms with Crippen LogP contribution in [-0.4, -0.2) is 0 Å². The third kappa shape index (κ3) is 2.83. The first kappa shape index (κ1) is 15.7. The van der Waals surface area contributed by atoms with Gasteiger partial charge < -0.3 is 0 Å². The molecule has 0 aromatic heterocycles. The van der Waals surface area contributed by atoms with Crippen LogP contribution in [0.25, 0.3) is 17.2 Å². The maximum atomic E-state index is 2.51. The summed E-state index contributed by atoms with van der Waals surface area (Å²) >= 11 is 0. The van der Waals surface area contributed by atoms with E-state index in [1.54, 1.807) is 5.57 Å². The van der Waals surface area contributed by atoms with E-state index in [9.17, 15) is 0 Å². The van der Waals surface area contributed by atoms with Crippen LogP contribution in [0.1, 0.15) is 62.1 Å². The Bertz CT molecular complexity index is 755. The van der Waals surface area contributed by atoms with Crippen LogP contribution < -0.4 is 0 Å². The number of rotatable bonds is 4. The summed E-state index contributed by atoms with van der Waals surface area (Å²) < 4.78 is 0. The number of hydrogen-bond donors (Lipinski definition) is 0. The summed E-state index contributed by atoms with van der Waals surface area (Å²) in [5.74, 6) is 0. The van der Waals surface area contributed by atoms with Crippen LogP contribution >= 0.6 is 0 Å². The smallest absolute Gasteiger partial charge is 0.00574 e. The third-order valence-electron chi connectivity index (χ3n) is 6.34. The molecule has 2 aliphatic carbocycles. The lowest BCUT2D eigenvalue weighted by Gasteiger charge is -2.28. The molecule has 0 aliphatic heterocycles. The molecule has 0 amide bonds. The van der Waals surface area contributed by atoms with Crippen molar-refractivity contribution in [2.45, 2.75) is 58.8 Å². The second-order valence-electron chi connectivity index (χ2n) is 7.96. The molecule has 2 aliphatic rings. The van der Waals surface area contributed by atoms with Gasteiger partial charge in [0.05, 0.1) is 0 Å². The molecular weight excluding hydrogens is 288 g/mol. The molecule has 0 nitrogen and oxygen atoms in total. The predicted octanol–water partition coefficient (Wildman–Crippen LogP) is 6.96. The van der Waals surface area contributed by atoms with E-state index in [0.29, 0.717) is 5.41 Å². The lowest BCUT2D eigenvalue weighted by Crippen LogP contribution is -2.15. The van der Waals surface area contributed by atoms with Crippen molar-refractivity contribution in [2.24, 2.45) is 5.41 Å². The van der Waals surface area contributed by atoms with Crippen molar-refractivity contribution in [2.75, 3.05) is 0 Å². The predicted molar refractivity (Wildman–Crippen MR) is 104 cm³/mol. The van der Waals surface area contributed by atoms with Crippen LogP contribution in [-0.2, 0) is 6.42 Å². The van der Waals surface area contributed by atoms with E-state index in [-0.39, 0.29) is 0 Å². The average molecular weight is 316 g/mol. The molecule has 0 heteroatoms. The minimum absolute atomic E-state index is 0.595. The molecule has 0 radical (unpaired) electrons. The average Bonchev–Trinajstić information content (AvgIpc) is 3.22. The highest BCUT2D eigenvalue weighted by Gasteiger charge is 2.33. The Hall–Kier alpha value is -1.82. The minimum Gasteiger partial charge on any atom is -0.0648 e. The molecule has 0 saturated heterocycles. The van der Waals surface area contributed by atoms with E-state index in [0.717, 1.165) is 6.42 Å². The summed E-state index contributed by atoms with van der Waals surface area (Å²) in [4.78, 5) is 0. The first-order chi connectivity index (χ1) is 11.7. The third-order valence-corrected chi connectivity index (χ3v) is 6.34. The fraction of sp³-hybridized carbons (Fsp3) is 0.417. The van der Waals surface area contributed by atoms with E-state index in [2.05, 4.69) is 62.4 Å². The molecule has 2 aromatic rings. The zero-order chi connectivity index (χ0) is 16.6. The molecule has 0 atom stereocenters. The van der Waals surface area contributed by atoms with E-state index >= 15 is 0 Å². The molecule has 0 heterocycles. The van der Waals surface area contributed by atoms with Gasteiger partial charge >= 0.3 is 0 Å². The van der Waals surface area contributed by atoms with E-state index < -0.39 is 0 Å². The van der Waals surface area contributed by atoms with E-state index in [1.807, 2.05) is 0 Å². The van der Waals surface area contributed by atoms with Gasteiger partial charge in [-0.25, -0.2) is 0 Å². The Morgan fingerprint density at radius 1 is 0.958 bits per heavy atom. The summed E-state index contributed by atoms with van der Waals surface area (Å²) in [6, 6.07) is 15.8. The number of allylic oxidation sites excluding steroid dienone is 1. The van der Waals surface area contributed by atoms with Crippen molar-refractivity contribution in [3.63, 3.8) is 0 Å². The van der Waals surface area contributed by atoms with E-state index in [1.165, 1.54) is 66.3 Å². The van der Waals surface area contributed by atoms with Gasteiger partial charge in [0.2, 0.25) is 0 Å². The van der Waals surface area contributed by atoms with Gasteiger partial charge in [-0.15, -0.1) is 0 Å². The first-order valence-electron chi connectivity index (χ1n) is 9.57. The highest BCUT2D eigenvalue weighted by Crippen LogP contribution is 2.48. The molecule has 0 spiro atoms. The molecule has 0 unspecified atom stereocenters. The maximum Gasteiger partial charge on any atom is -0.00574 e. The summed E-state index contributed by atoms with van der Waals surface area (Å²) in [6.07, 6.45) is 12.1. The number of aryl methyl sites for hydroxylation is 1. The second-order valence-corrected chi connectivity index (χ2v) is 7.96. The molecule has 1 fully saturated rings. The van der Waals surface area contributed by atoms with Crippen LogP contribution in [0.15, 0.2) is 48.0 Å². The summed E-state index contributed by atoms with van der Waals surface area (Å²) in [5, 5.41) is 0. The number of benzene rings is 2. The Labute approximate surface area is 146 Å². The fourth-order valence-corrected chi connectivity index (χ4v) is 4.80. The van der Waals surface area contributed by atoms with Crippen LogP contribution in [0.3, 0.4) is 0 Å². The van der Waals surface area contributed by atoms with Crippen LogP contribution in [0.4, 0.5) is 0 Å². The second kappa shape index (κ2) is 6.24. The summed E-state index contributed by atoms with van der Waals surface area (Å²) in [6.45, 7) is 4.55. The minimum atomic E-state index is 0.595. The molecular formula is C24H28. The van der Waals surface area contributed by atoms with Crippen molar-refractivity contribution < 1.29 is 0 Å². The monoisotopic (exact) mass is 316 g/mol. The Kier molecular flexibility index (Phi) is 4.08. The Balaban J connectivity index is 1.65. The van der Waals surface area contributed by atoms with Gasteiger partial charge in [-0.05, 0) is 60.3 Å². The molecule has 4 rings (SSSR count). The summed E-state index contributed by atoms with van der Waals surface area (Å²) in [7, 11) is 0. The zero-order valence-electron chi connectivity index (χ0n) is 15.1.